The van der Waals surface area contributed by atoms with Crippen molar-refractivity contribution in [2.24, 2.45) is 0 Å². The minimum atomic E-state index is -0.914. The summed E-state index contributed by atoms with van der Waals surface area (Å²) in [4.78, 5) is 66.1. The second kappa shape index (κ2) is 25.3. The van der Waals surface area contributed by atoms with Gasteiger partial charge in [0.05, 0.1) is 13.1 Å². The van der Waals surface area contributed by atoms with Gasteiger partial charge in [-0.05, 0) is 14.1 Å². The van der Waals surface area contributed by atoms with Gasteiger partial charge in [0.25, 0.3) is 5.97 Å². The minimum absolute atomic E-state index is 0.0252. The SMILES string of the molecule is CC(=O)O.CN(C)CCN(CCNCC(=O)O)CC(=O)O.O=C=O.O=C=O. The zero-order valence-corrected chi connectivity index (χ0v) is 15.3. The van der Waals surface area contributed by atoms with Crippen LogP contribution in [0.5, 0.6) is 0 Å². The molecule has 0 aromatic carbocycles. The molecule has 0 unspecified atom stereocenters. The Labute approximate surface area is 155 Å². The maximum atomic E-state index is 10.6. The lowest BCUT2D eigenvalue weighted by Crippen LogP contribution is -2.40. The van der Waals surface area contributed by atoms with Gasteiger partial charge < -0.3 is 25.5 Å². The van der Waals surface area contributed by atoms with Crippen LogP contribution in [0.2, 0.25) is 0 Å². The van der Waals surface area contributed by atoms with Crippen LogP contribution >= 0.6 is 0 Å². The van der Waals surface area contributed by atoms with E-state index in [0.29, 0.717) is 19.6 Å². The number of rotatable bonds is 10. The maximum Gasteiger partial charge on any atom is 0.373 e. The van der Waals surface area contributed by atoms with Gasteiger partial charge in [-0.1, -0.05) is 0 Å². The van der Waals surface area contributed by atoms with E-state index in [4.69, 9.17) is 39.3 Å². The molecule has 0 spiro atoms. The molecule has 0 heterocycles. The summed E-state index contributed by atoms with van der Waals surface area (Å²) in [5, 5.41) is 27.3. The number of aliphatic carboxylic acids is 3. The summed E-state index contributed by atoms with van der Waals surface area (Å²) in [6, 6.07) is 0. The molecule has 0 aliphatic heterocycles. The first kappa shape index (κ1) is 31.8. The van der Waals surface area contributed by atoms with Crippen molar-refractivity contribution in [3.8, 4) is 0 Å². The van der Waals surface area contributed by atoms with Gasteiger partial charge in [0.15, 0.2) is 0 Å². The highest BCUT2D eigenvalue weighted by Gasteiger charge is 2.09. The second-order valence-corrected chi connectivity index (χ2v) is 4.73. The topological polar surface area (TPSA) is 199 Å². The van der Waals surface area contributed by atoms with E-state index >= 15 is 0 Å². The average molecular weight is 395 g/mol. The standard InChI is InChI=1S/C10H21N3O4.C2H4O2.2CO2/c1-12(2)5-6-13(8-10(16)17)4-3-11-7-9(14)15;1-2(3)4;2*2-1-3/h11H,3-8H2,1-2H3,(H,14,15)(H,16,17);1H3,(H,3,4);;. The molecule has 4 N–H and O–H groups in total. The number of carbonyl (C=O) groups is 3. The Bertz CT molecular complexity index is 454. The number of hydrogen-bond donors (Lipinski definition) is 4. The summed E-state index contributed by atoms with van der Waals surface area (Å²) in [6.07, 6.45) is 0.500. The highest BCUT2D eigenvalue weighted by atomic mass is 16.4. The van der Waals surface area contributed by atoms with Gasteiger partial charge in [-0.3, -0.25) is 19.3 Å². The molecule has 0 fully saturated rings. The van der Waals surface area contributed by atoms with Crippen LogP contribution < -0.4 is 5.32 Å². The molecule has 0 amide bonds. The molecule has 156 valence electrons. The summed E-state index contributed by atoms with van der Waals surface area (Å²) in [6.45, 7) is 3.36. The van der Waals surface area contributed by atoms with E-state index in [1.807, 2.05) is 19.0 Å². The van der Waals surface area contributed by atoms with Gasteiger partial charge in [-0.15, -0.1) is 0 Å². The number of carboxylic acids is 3. The van der Waals surface area contributed by atoms with E-state index in [-0.39, 0.29) is 25.4 Å². The Balaban J connectivity index is -0.000000218. The molecule has 0 saturated heterocycles. The van der Waals surface area contributed by atoms with Gasteiger partial charge in [-0.2, -0.15) is 19.2 Å². The van der Waals surface area contributed by atoms with Crippen molar-refractivity contribution in [2.75, 3.05) is 53.4 Å². The van der Waals surface area contributed by atoms with E-state index < -0.39 is 17.9 Å². The molecule has 13 nitrogen and oxygen atoms in total. The lowest BCUT2D eigenvalue weighted by molar-refractivity contribution is -0.193. The summed E-state index contributed by atoms with van der Waals surface area (Å²) < 4.78 is 0. The van der Waals surface area contributed by atoms with E-state index in [1.54, 1.807) is 4.90 Å². The number of hydrogen-bond acceptors (Lipinski definition) is 10. The molecule has 0 bridgehead atoms. The summed E-state index contributed by atoms with van der Waals surface area (Å²) in [7, 11) is 3.84. The molecule has 0 rings (SSSR count). The van der Waals surface area contributed by atoms with Gasteiger partial charge in [-0.25, -0.2) is 0 Å². The Morgan fingerprint density at radius 3 is 1.56 bits per heavy atom. The fourth-order valence-electron chi connectivity index (χ4n) is 1.24. The first-order valence-electron chi connectivity index (χ1n) is 7.17. The fourth-order valence-corrected chi connectivity index (χ4v) is 1.24. The highest BCUT2D eigenvalue weighted by Crippen LogP contribution is 1.88. The number of carboxylic acid groups (broad SMARTS) is 3. The van der Waals surface area contributed by atoms with Crippen LogP contribution in [0.4, 0.5) is 0 Å². The molecule has 27 heavy (non-hydrogen) atoms. The molecule has 0 aromatic heterocycles. The predicted octanol–water partition coefficient (Wildman–Crippen LogP) is -2.47. The molecular formula is C14H25N3O10. The number of carbonyl (C=O) groups excluding carboxylic acids is 4. The molecule has 0 aromatic rings. The van der Waals surface area contributed by atoms with E-state index in [1.165, 1.54) is 0 Å². The van der Waals surface area contributed by atoms with Crippen molar-refractivity contribution in [3.63, 3.8) is 0 Å². The largest absolute Gasteiger partial charge is 0.481 e. The monoisotopic (exact) mass is 395 g/mol. The van der Waals surface area contributed by atoms with Crippen LogP contribution in [0.1, 0.15) is 6.92 Å². The summed E-state index contributed by atoms with van der Waals surface area (Å²) in [5.41, 5.74) is 0. The van der Waals surface area contributed by atoms with Gasteiger partial charge >= 0.3 is 24.2 Å². The maximum absolute atomic E-state index is 10.6. The van der Waals surface area contributed by atoms with Gasteiger partial charge in [0.1, 0.15) is 0 Å². The number of nitrogens with one attached hydrogen (secondary N) is 1. The Kier molecular flexibility index (Phi) is 29.8. The zero-order valence-electron chi connectivity index (χ0n) is 15.3. The third-order valence-electron chi connectivity index (χ3n) is 2.10. The van der Waals surface area contributed by atoms with Gasteiger partial charge in [0, 0.05) is 33.1 Å². The van der Waals surface area contributed by atoms with Crippen LogP contribution in [0.15, 0.2) is 0 Å². The van der Waals surface area contributed by atoms with Crippen molar-refractivity contribution in [2.45, 2.75) is 6.92 Å². The molecular weight excluding hydrogens is 370 g/mol. The average Bonchev–Trinajstić information content (AvgIpc) is 2.49. The minimum Gasteiger partial charge on any atom is -0.481 e. The molecule has 0 aliphatic rings. The normalized spacial score (nSPS) is 8.48. The predicted molar refractivity (Wildman–Crippen MR) is 86.5 cm³/mol. The fraction of sp³-hybridized carbons (Fsp3) is 0.643. The quantitative estimate of drug-likeness (QED) is 0.284. The number of nitrogens with zero attached hydrogens (tertiary/aromatic N) is 2. The van der Waals surface area contributed by atoms with Crippen LogP contribution in [-0.2, 0) is 33.6 Å². The summed E-state index contributed by atoms with van der Waals surface area (Å²) in [5.74, 6) is -2.62. The summed E-state index contributed by atoms with van der Waals surface area (Å²) >= 11 is 0. The molecule has 0 radical (unpaired) electrons. The third-order valence-corrected chi connectivity index (χ3v) is 2.10. The highest BCUT2D eigenvalue weighted by molar-refractivity contribution is 5.69. The lowest BCUT2D eigenvalue weighted by Gasteiger charge is -2.22. The van der Waals surface area contributed by atoms with E-state index in [2.05, 4.69) is 5.32 Å². The van der Waals surface area contributed by atoms with Crippen LogP contribution in [-0.4, -0.2) is 109 Å². The Morgan fingerprint density at radius 2 is 1.26 bits per heavy atom. The molecule has 0 saturated carbocycles. The first-order chi connectivity index (χ1) is 12.5. The van der Waals surface area contributed by atoms with Crippen molar-refractivity contribution in [3.05, 3.63) is 0 Å². The number of likely N-dealkylation sites (N-methyl/N-ethyl adjacent to an activating group) is 1. The van der Waals surface area contributed by atoms with E-state index in [9.17, 15) is 9.59 Å². The van der Waals surface area contributed by atoms with Crippen LogP contribution in [0.3, 0.4) is 0 Å². The zero-order chi connectivity index (χ0) is 22.3. The van der Waals surface area contributed by atoms with Crippen molar-refractivity contribution in [1.82, 2.24) is 15.1 Å². The van der Waals surface area contributed by atoms with Crippen molar-refractivity contribution >= 4 is 30.2 Å². The first-order valence-corrected chi connectivity index (χ1v) is 7.17. The van der Waals surface area contributed by atoms with Crippen LogP contribution in [0.25, 0.3) is 0 Å². The molecule has 0 atom stereocenters. The van der Waals surface area contributed by atoms with Gasteiger partial charge in [0.2, 0.25) is 0 Å². The molecule has 13 heteroatoms. The lowest BCUT2D eigenvalue weighted by atomic mass is 10.4. The van der Waals surface area contributed by atoms with Crippen molar-refractivity contribution < 1.29 is 48.9 Å². The van der Waals surface area contributed by atoms with E-state index in [0.717, 1.165) is 13.5 Å². The van der Waals surface area contributed by atoms with Crippen molar-refractivity contribution in [1.29, 1.82) is 0 Å². The molecule has 0 aliphatic carbocycles. The Morgan fingerprint density at radius 1 is 0.852 bits per heavy atom. The second-order valence-electron chi connectivity index (χ2n) is 4.73. The van der Waals surface area contributed by atoms with Crippen LogP contribution in [0, 0.1) is 0 Å². The smallest absolute Gasteiger partial charge is 0.373 e. The Hall–Kier alpha value is -2.95. The third kappa shape index (κ3) is 60.0.